The zero-order valence-electron chi connectivity index (χ0n) is 22.0. The van der Waals surface area contributed by atoms with Crippen molar-refractivity contribution in [2.75, 3.05) is 19.8 Å². The summed E-state index contributed by atoms with van der Waals surface area (Å²) in [6, 6.07) is 0. The lowest BCUT2D eigenvalue weighted by Gasteiger charge is -2.36. The lowest BCUT2D eigenvalue weighted by Crippen LogP contribution is -2.30. The molecule has 0 spiro atoms. The highest BCUT2D eigenvalue weighted by atomic mass is 16.6. The van der Waals surface area contributed by atoms with E-state index in [-0.39, 0.29) is 18.7 Å². The number of hydrogen-bond acceptors (Lipinski definition) is 5. The highest BCUT2D eigenvalue weighted by molar-refractivity contribution is 5.89. The third-order valence-electron chi connectivity index (χ3n) is 9.02. The molecule has 5 atom stereocenters. The van der Waals surface area contributed by atoms with Gasteiger partial charge in [-0.15, -0.1) is 0 Å². The van der Waals surface area contributed by atoms with Crippen molar-refractivity contribution in [3.8, 4) is 0 Å². The fraction of sp³-hybridized carbons (Fsp3) is 0.733. The Morgan fingerprint density at radius 1 is 1.03 bits per heavy atom. The first kappa shape index (κ1) is 26.2. The summed E-state index contributed by atoms with van der Waals surface area (Å²) in [6.07, 6.45) is 17.2. The van der Waals surface area contributed by atoms with Crippen LogP contribution in [0.15, 0.2) is 36.0 Å². The molecule has 194 valence electrons. The largest absolute Gasteiger partial charge is 0.460 e. The van der Waals surface area contributed by atoms with E-state index in [9.17, 15) is 9.59 Å². The predicted octanol–water partition coefficient (Wildman–Crippen LogP) is 6.05. The number of fused-ring (bicyclic) bond motifs is 5. The van der Waals surface area contributed by atoms with E-state index < -0.39 is 5.97 Å². The molecule has 3 fully saturated rings. The van der Waals surface area contributed by atoms with Crippen molar-refractivity contribution in [3.05, 3.63) is 36.0 Å². The molecule has 0 heterocycles. The highest BCUT2D eigenvalue weighted by Gasteiger charge is 2.52. The summed E-state index contributed by atoms with van der Waals surface area (Å²) >= 11 is 0. The Morgan fingerprint density at radius 2 is 1.80 bits per heavy atom. The minimum absolute atomic E-state index is 0.00550. The molecule has 3 saturated carbocycles. The van der Waals surface area contributed by atoms with Gasteiger partial charge in [-0.3, -0.25) is 0 Å². The quantitative estimate of drug-likeness (QED) is 0.131. The van der Waals surface area contributed by atoms with Gasteiger partial charge in [-0.05, 0) is 92.8 Å². The SMILES string of the molecule is C/C(=C\C=C\C(=O)OCCOCC1CC2CC1C1CC=CC21)C(=O)OC1CCC(C(C)(C)C)CC1. The molecule has 0 aromatic rings. The second-order valence-electron chi connectivity index (χ2n) is 12.3. The van der Waals surface area contributed by atoms with Crippen LogP contribution in [0.2, 0.25) is 0 Å². The molecule has 2 bridgehead atoms. The van der Waals surface area contributed by atoms with Gasteiger partial charge in [0, 0.05) is 18.3 Å². The van der Waals surface area contributed by atoms with E-state index in [0.29, 0.717) is 29.4 Å². The minimum Gasteiger partial charge on any atom is -0.460 e. The zero-order valence-corrected chi connectivity index (χ0v) is 22.0. The molecule has 35 heavy (non-hydrogen) atoms. The van der Waals surface area contributed by atoms with E-state index >= 15 is 0 Å². The highest BCUT2D eigenvalue weighted by Crippen LogP contribution is 2.58. The van der Waals surface area contributed by atoms with Gasteiger partial charge in [0.05, 0.1) is 6.61 Å². The molecule has 0 radical (unpaired) electrons. The summed E-state index contributed by atoms with van der Waals surface area (Å²) in [5.41, 5.74) is 0.796. The normalized spacial score (nSPS) is 34.4. The van der Waals surface area contributed by atoms with Crippen LogP contribution >= 0.6 is 0 Å². The van der Waals surface area contributed by atoms with Gasteiger partial charge in [-0.25, -0.2) is 9.59 Å². The van der Waals surface area contributed by atoms with E-state index in [1.54, 1.807) is 19.1 Å². The number of hydrogen-bond donors (Lipinski definition) is 0. The fourth-order valence-corrected chi connectivity index (χ4v) is 7.01. The van der Waals surface area contributed by atoms with Gasteiger partial charge < -0.3 is 14.2 Å². The number of carbonyl (C=O) groups is 2. The maximum absolute atomic E-state index is 12.4. The second-order valence-corrected chi connectivity index (χ2v) is 12.3. The zero-order chi connectivity index (χ0) is 25.0. The Morgan fingerprint density at radius 3 is 2.54 bits per heavy atom. The van der Waals surface area contributed by atoms with Crippen LogP contribution in [0.3, 0.4) is 0 Å². The molecule has 0 aromatic carbocycles. The first-order chi connectivity index (χ1) is 16.7. The van der Waals surface area contributed by atoms with Crippen LogP contribution in [0.1, 0.15) is 72.6 Å². The van der Waals surface area contributed by atoms with E-state index in [1.807, 2.05) is 0 Å². The molecule has 5 nitrogen and oxygen atoms in total. The van der Waals surface area contributed by atoms with Crippen LogP contribution in [-0.4, -0.2) is 37.9 Å². The summed E-state index contributed by atoms with van der Waals surface area (Å²) in [5, 5.41) is 0. The molecular weight excluding hydrogens is 440 g/mol. The van der Waals surface area contributed by atoms with Gasteiger partial charge in [0.2, 0.25) is 0 Å². The molecule has 5 heteroatoms. The number of carbonyl (C=O) groups excluding carboxylic acids is 2. The summed E-state index contributed by atoms with van der Waals surface area (Å²) < 4.78 is 16.7. The molecule has 4 rings (SSSR count). The van der Waals surface area contributed by atoms with Crippen LogP contribution in [0, 0.1) is 40.9 Å². The Balaban J connectivity index is 1.07. The van der Waals surface area contributed by atoms with Gasteiger partial charge in [0.25, 0.3) is 0 Å². The van der Waals surface area contributed by atoms with Crippen molar-refractivity contribution in [1.29, 1.82) is 0 Å². The molecule has 0 saturated heterocycles. The van der Waals surface area contributed by atoms with Gasteiger partial charge in [-0.2, -0.15) is 0 Å². The van der Waals surface area contributed by atoms with Crippen molar-refractivity contribution in [2.24, 2.45) is 40.9 Å². The van der Waals surface area contributed by atoms with Gasteiger partial charge in [0.1, 0.15) is 12.7 Å². The maximum atomic E-state index is 12.4. The molecular formula is C30H44O5. The first-order valence-corrected chi connectivity index (χ1v) is 13.7. The smallest absolute Gasteiger partial charge is 0.333 e. The third kappa shape index (κ3) is 6.67. The average Bonchev–Trinajstić information content (AvgIpc) is 3.52. The van der Waals surface area contributed by atoms with Crippen LogP contribution in [0.5, 0.6) is 0 Å². The average molecular weight is 485 g/mol. The first-order valence-electron chi connectivity index (χ1n) is 13.7. The lowest BCUT2D eigenvalue weighted by molar-refractivity contribution is -0.146. The number of ether oxygens (including phenoxy) is 3. The molecule has 0 aliphatic heterocycles. The Hall–Kier alpha value is -1.88. The number of allylic oxidation sites excluding steroid dienone is 4. The Bertz CT molecular complexity index is 839. The standard InChI is InChI=1S/C30H44O5/c1-20(29(32)35-24-13-11-23(12-14-24)30(2,3)4)7-5-10-28(31)34-16-15-33-19-22-17-21-18-27(22)26-9-6-8-25(21)26/h5-8,10,21-27H,9,11-19H2,1-4H3/b10-5+,20-7+. The maximum Gasteiger partial charge on any atom is 0.333 e. The Kier molecular flexibility index (Phi) is 8.57. The number of esters is 2. The van der Waals surface area contributed by atoms with E-state index in [4.69, 9.17) is 14.2 Å². The van der Waals surface area contributed by atoms with Crippen molar-refractivity contribution in [1.82, 2.24) is 0 Å². The molecule has 4 aliphatic carbocycles. The van der Waals surface area contributed by atoms with Crippen LogP contribution in [0.4, 0.5) is 0 Å². The summed E-state index contributed by atoms with van der Waals surface area (Å²) in [6.45, 7) is 10.0. The third-order valence-corrected chi connectivity index (χ3v) is 9.02. The summed E-state index contributed by atoms with van der Waals surface area (Å²) in [7, 11) is 0. The fourth-order valence-electron chi connectivity index (χ4n) is 7.01. The van der Waals surface area contributed by atoms with E-state index in [1.165, 1.54) is 25.3 Å². The van der Waals surface area contributed by atoms with Crippen molar-refractivity contribution < 1.29 is 23.8 Å². The lowest BCUT2D eigenvalue weighted by atomic mass is 9.72. The van der Waals surface area contributed by atoms with Crippen molar-refractivity contribution >= 4 is 11.9 Å². The van der Waals surface area contributed by atoms with Gasteiger partial charge in [0.15, 0.2) is 0 Å². The van der Waals surface area contributed by atoms with E-state index in [0.717, 1.165) is 56.0 Å². The van der Waals surface area contributed by atoms with Gasteiger partial charge in [-0.1, -0.05) is 45.1 Å². The van der Waals surface area contributed by atoms with Crippen molar-refractivity contribution in [2.45, 2.75) is 78.7 Å². The molecule has 4 aliphatic rings. The summed E-state index contributed by atoms with van der Waals surface area (Å²) in [5.74, 6) is 3.96. The van der Waals surface area contributed by atoms with Gasteiger partial charge >= 0.3 is 11.9 Å². The second kappa shape index (κ2) is 11.5. The predicted molar refractivity (Wildman–Crippen MR) is 136 cm³/mol. The molecule has 0 N–H and O–H groups in total. The Labute approximate surface area is 211 Å². The van der Waals surface area contributed by atoms with Crippen molar-refractivity contribution in [3.63, 3.8) is 0 Å². The van der Waals surface area contributed by atoms with Crippen LogP contribution in [-0.2, 0) is 23.8 Å². The molecule has 0 amide bonds. The van der Waals surface area contributed by atoms with Crippen LogP contribution < -0.4 is 0 Å². The molecule has 0 aromatic heterocycles. The minimum atomic E-state index is -0.425. The van der Waals surface area contributed by atoms with Crippen LogP contribution in [0.25, 0.3) is 0 Å². The topological polar surface area (TPSA) is 61.8 Å². The number of rotatable bonds is 9. The monoisotopic (exact) mass is 484 g/mol. The van der Waals surface area contributed by atoms with E-state index in [2.05, 4.69) is 32.9 Å². The summed E-state index contributed by atoms with van der Waals surface area (Å²) in [4.78, 5) is 24.3. The molecule has 5 unspecified atom stereocenters.